The van der Waals surface area contributed by atoms with Crippen LogP contribution in [-0.2, 0) is 9.53 Å². The number of aromatic nitrogens is 1. The van der Waals surface area contributed by atoms with E-state index in [0.29, 0.717) is 0 Å². The molecule has 1 atom stereocenters. The maximum atomic E-state index is 11.6. The number of amides is 1. The van der Waals surface area contributed by atoms with E-state index in [2.05, 4.69) is 10.3 Å². The van der Waals surface area contributed by atoms with E-state index in [1.165, 1.54) is 6.92 Å². The van der Waals surface area contributed by atoms with E-state index in [1.807, 2.05) is 6.92 Å². The zero-order valence-corrected chi connectivity index (χ0v) is 11.3. The first-order valence-electron chi connectivity index (χ1n) is 6.20. The smallest absolute Gasteiger partial charge is 0.407 e. The Labute approximate surface area is 115 Å². The minimum absolute atomic E-state index is 0.222. The molecule has 0 bridgehead atoms. The Bertz CT molecular complexity index is 471. The average molecular weight is 286 g/mol. The van der Waals surface area contributed by atoms with E-state index in [9.17, 15) is 14.7 Å². The van der Waals surface area contributed by atoms with E-state index < -0.39 is 24.0 Å². The highest BCUT2D eigenvalue weighted by Gasteiger charge is 2.20. The average Bonchev–Trinajstić information content (AvgIpc) is 2.68. The minimum atomic E-state index is -0.958. The van der Waals surface area contributed by atoms with Crippen molar-refractivity contribution in [3.05, 3.63) is 6.07 Å². The van der Waals surface area contributed by atoms with Gasteiger partial charge in [0, 0.05) is 6.07 Å². The highest BCUT2D eigenvalue weighted by molar-refractivity contribution is 5.82. The van der Waals surface area contributed by atoms with Crippen molar-refractivity contribution in [2.45, 2.75) is 32.7 Å². The van der Waals surface area contributed by atoms with Crippen molar-refractivity contribution in [3.63, 3.8) is 0 Å². The van der Waals surface area contributed by atoms with Gasteiger partial charge in [0.05, 0.1) is 6.61 Å². The van der Waals surface area contributed by atoms with Gasteiger partial charge >= 0.3 is 12.1 Å². The molecule has 0 aliphatic carbocycles. The summed E-state index contributed by atoms with van der Waals surface area (Å²) in [6.45, 7) is 3.64. The van der Waals surface area contributed by atoms with Crippen LogP contribution in [0.4, 0.5) is 4.79 Å². The van der Waals surface area contributed by atoms with Crippen molar-refractivity contribution in [2.75, 3.05) is 6.61 Å². The first kappa shape index (κ1) is 15.7. The Morgan fingerprint density at radius 2 is 2.15 bits per heavy atom. The number of carbonyl (C=O) groups is 2. The van der Waals surface area contributed by atoms with Crippen molar-refractivity contribution in [3.8, 4) is 17.5 Å². The molecular formula is C12H18N2O6. The monoisotopic (exact) mass is 286 g/mol. The van der Waals surface area contributed by atoms with Crippen molar-refractivity contribution in [1.82, 2.24) is 10.3 Å². The van der Waals surface area contributed by atoms with E-state index in [1.54, 1.807) is 0 Å². The molecule has 0 saturated heterocycles. The fourth-order valence-electron chi connectivity index (χ4n) is 1.27. The number of hydrogen-bond donors (Lipinski definition) is 4. The summed E-state index contributed by atoms with van der Waals surface area (Å²) in [6.07, 6.45) is 0.910. The molecule has 0 fully saturated rings. The molecule has 1 heterocycles. The van der Waals surface area contributed by atoms with Crippen LogP contribution in [0.25, 0.3) is 0 Å². The molecular weight excluding hydrogens is 268 g/mol. The lowest BCUT2D eigenvalue weighted by Crippen LogP contribution is -2.41. The van der Waals surface area contributed by atoms with Gasteiger partial charge in [-0.15, -0.1) is 0 Å². The van der Waals surface area contributed by atoms with Crippen LogP contribution < -0.4 is 10.1 Å². The molecule has 8 heteroatoms. The Morgan fingerprint density at radius 1 is 1.45 bits per heavy atom. The highest BCUT2D eigenvalue weighted by atomic mass is 16.6. The quantitative estimate of drug-likeness (QED) is 0.461. The Kier molecular flexibility index (Phi) is 5.70. The standard InChI is InChI=1S/C12H18N2O6/c1-3-4-5-19-12(18)13-7(2)11(17)20-8-6-9(15)14-10(8)16/h6-7,14-16H,3-5H2,1-2H3,(H,13,18)/t7-/m0/s1. The molecule has 20 heavy (non-hydrogen) atoms. The summed E-state index contributed by atoms with van der Waals surface area (Å²) in [7, 11) is 0. The molecule has 0 aliphatic rings. The van der Waals surface area contributed by atoms with Crippen LogP contribution in [0.3, 0.4) is 0 Å². The van der Waals surface area contributed by atoms with Gasteiger partial charge in [0.1, 0.15) is 6.04 Å². The minimum Gasteiger partial charge on any atom is -0.494 e. The lowest BCUT2D eigenvalue weighted by Gasteiger charge is -2.12. The molecule has 112 valence electrons. The molecule has 1 aromatic rings. The second-order valence-electron chi connectivity index (χ2n) is 4.14. The summed E-state index contributed by atoms with van der Waals surface area (Å²) in [6, 6.07) is 0.0834. The van der Waals surface area contributed by atoms with Gasteiger partial charge in [0.2, 0.25) is 5.88 Å². The van der Waals surface area contributed by atoms with Crippen LogP contribution in [0, 0.1) is 0 Å². The molecule has 1 aromatic heterocycles. The number of aromatic amines is 1. The molecule has 0 saturated carbocycles. The third kappa shape index (κ3) is 4.71. The third-order valence-electron chi connectivity index (χ3n) is 2.38. The van der Waals surface area contributed by atoms with Crippen LogP contribution in [0.2, 0.25) is 0 Å². The van der Waals surface area contributed by atoms with Gasteiger partial charge in [-0.05, 0) is 13.3 Å². The zero-order valence-electron chi connectivity index (χ0n) is 11.3. The molecule has 0 spiro atoms. The summed E-state index contributed by atoms with van der Waals surface area (Å²) in [5.74, 6) is -1.84. The van der Waals surface area contributed by atoms with Crippen LogP contribution >= 0.6 is 0 Å². The molecule has 0 aromatic carbocycles. The molecule has 4 N–H and O–H groups in total. The number of unbranched alkanes of at least 4 members (excludes halogenated alkanes) is 1. The molecule has 8 nitrogen and oxygen atoms in total. The van der Waals surface area contributed by atoms with Gasteiger partial charge in [0.15, 0.2) is 11.6 Å². The number of ether oxygens (including phenoxy) is 2. The lowest BCUT2D eigenvalue weighted by molar-refractivity contribution is -0.136. The number of esters is 1. The Morgan fingerprint density at radius 3 is 2.70 bits per heavy atom. The Hall–Kier alpha value is -2.38. The van der Waals surface area contributed by atoms with E-state index in [0.717, 1.165) is 18.9 Å². The Balaban J connectivity index is 2.43. The molecule has 0 radical (unpaired) electrons. The molecule has 0 aliphatic heterocycles. The van der Waals surface area contributed by atoms with Gasteiger partial charge in [-0.1, -0.05) is 13.3 Å². The predicted molar refractivity (Wildman–Crippen MR) is 68.6 cm³/mol. The fraction of sp³-hybridized carbons (Fsp3) is 0.500. The SMILES string of the molecule is CCCCOC(=O)N[C@@H](C)C(=O)Oc1cc(O)[nH]c1O. The number of H-pyrrole nitrogens is 1. The number of carbonyl (C=O) groups excluding carboxylic acids is 2. The van der Waals surface area contributed by atoms with Gasteiger partial charge in [-0.25, -0.2) is 9.59 Å². The summed E-state index contributed by atoms with van der Waals surface area (Å²) in [4.78, 5) is 25.1. The fourth-order valence-corrected chi connectivity index (χ4v) is 1.27. The largest absolute Gasteiger partial charge is 0.494 e. The van der Waals surface area contributed by atoms with Crippen LogP contribution in [0.15, 0.2) is 6.07 Å². The van der Waals surface area contributed by atoms with Crippen LogP contribution in [0.1, 0.15) is 26.7 Å². The van der Waals surface area contributed by atoms with Gasteiger partial charge < -0.3 is 25.0 Å². The van der Waals surface area contributed by atoms with Gasteiger partial charge in [-0.2, -0.15) is 0 Å². The zero-order chi connectivity index (χ0) is 15.1. The number of nitrogens with one attached hydrogen (secondary N) is 2. The van der Waals surface area contributed by atoms with Crippen molar-refractivity contribution in [2.24, 2.45) is 0 Å². The predicted octanol–water partition coefficient (Wildman–Crippen LogP) is 1.25. The summed E-state index contributed by atoms with van der Waals surface area (Å²) < 4.78 is 9.63. The molecule has 1 amide bonds. The topological polar surface area (TPSA) is 121 Å². The summed E-state index contributed by atoms with van der Waals surface area (Å²) in [5, 5.41) is 20.6. The number of alkyl carbamates (subject to hydrolysis) is 1. The van der Waals surface area contributed by atoms with Gasteiger partial charge in [-0.3, -0.25) is 4.98 Å². The molecule has 1 rings (SSSR count). The first-order chi connectivity index (χ1) is 9.43. The maximum absolute atomic E-state index is 11.6. The lowest BCUT2D eigenvalue weighted by atomic mass is 10.3. The third-order valence-corrected chi connectivity index (χ3v) is 2.38. The van der Waals surface area contributed by atoms with Crippen molar-refractivity contribution < 1.29 is 29.3 Å². The maximum Gasteiger partial charge on any atom is 0.407 e. The van der Waals surface area contributed by atoms with E-state index >= 15 is 0 Å². The van der Waals surface area contributed by atoms with Crippen molar-refractivity contribution >= 4 is 12.1 Å². The van der Waals surface area contributed by atoms with E-state index in [-0.39, 0.29) is 18.2 Å². The van der Waals surface area contributed by atoms with Crippen LogP contribution in [0.5, 0.6) is 17.5 Å². The van der Waals surface area contributed by atoms with Gasteiger partial charge in [0.25, 0.3) is 0 Å². The first-order valence-corrected chi connectivity index (χ1v) is 6.20. The summed E-state index contributed by atoms with van der Waals surface area (Å²) >= 11 is 0. The van der Waals surface area contributed by atoms with E-state index in [4.69, 9.17) is 14.6 Å². The number of aromatic hydroxyl groups is 2. The van der Waals surface area contributed by atoms with Crippen molar-refractivity contribution in [1.29, 1.82) is 0 Å². The van der Waals surface area contributed by atoms with Crippen LogP contribution in [-0.4, -0.2) is 39.9 Å². The second kappa shape index (κ2) is 7.27. The normalized spacial score (nSPS) is 11.7. The highest BCUT2D eigenvalue weighted by Crippen LogP contribution is 2.29. The summed E-state index contributed by atoms with van der Waals surface area (Å²) in [5.41, 5.74) is 0. The molecule has 0 unspecified atom stereocenters. The number of rotatable bonds is 6. The second-order valence-corrected chi connectivity index (χ2v) is 4.14. The number of hydrogen-bond acceptors (Lipinski definition) is 6.